The van der Waals surface area contributed by atoms with Crippen LogP contribution in [0.1, 0.15) is 6.92 Å². The molecule has 0 spiro atoms. The van der Waals surface area contributed by atoms with Crippen LogP contribution in [0.5, 0.6) is 0 Å². The van der Waals surface area contributed by atoms with E-state index in [1.807, 2.05) is 0 Å². The molecule has 0 aromatic carbocycles. The molecule has 0 rings (SSSR count). The third-order valence-electron chi connectivity index (χ3n) is 0.598. The van der Waals surface area contributed by atoms with Gasteiger partial charge in [0.05, 0.1) is 0 Å². The van der Waals surface area contributed by atoms with Crippen molar-refractivity contribution in [1.29, 1.82) is 0 Å². The molecule has 0 atom stereocenters. The summed E-state index contributed by atoms with van der Waals surface area (Å²) in [6.07, 6.45) is 3.60. The Hall–Kier alpha value is -0.660. The molecular weight excluding hydrogens is 110 g/mol. The van der Waals surface area contributed by atoms with Crippen molar-refractivity contribution in [1.82, 2.24) is 0 Å². The lowest BCUT2D eigenvalue weighted by molar-refractivity contribution is 0.547. The van der Waals surface area contributed by atoms with Crippen molar-refractivity contribution in [3.05, 3.63) is 24.1 Å². The van der Waals surface area contributed by atoms with E-state index >= 15 is 0 Å². The highest BCUT2D eigenvalue weighted by Gasteiger charge is 1.81. The highest BCUT2D eigenvalue weighted by atomic mass is 19.1. The molecule has 0 N–H and O–H groups in total. The van der Waals surface area contributed by atoms with Crippen LogP contribution in [0.15, 0.2) is 24.1 Å². The van der Waals surface area contributed by atoms with E-state index in [0.717, 1.165) is 6.08 Å². The summed E-state index contributed by atoms with van der Waals surface area (Å²) in [5.41, 5.74) is 0. The molecule has 0 unspecified atom stereocenters. The van der Waals surface area contributed by atoms with Gasteiger partial charge in [-0.1, -0.05) is 6.08 Å². The highest BCUT2D eigenvalue weighted by molar-refractivity contribution is 5.09. The zero-order valence-electron chi connectivity index (χ0n) is 4.70. The molecule has 8 heavy (non-hydrogen) atoms. The van der Waals surface area contributed by atoms with Gasteiger partial charge in [0, 0.05) is 0 Å². The first-order valence-corrected chi connectivity index (χ1v) is 2.35. The van der Waals surface area contributed by atoms with Crippen molar-refractivity contribution >= 4 is 0 Å². The second-order valence-electron chi connectivity index (χ2n) is 1.24. The van der Waals surface area contributed by atoms with Crippen LogP contribution in [0.25, 0.3) is 0 Å². The maximum absolute atomic E-state index is 11.9. The first-order chi connectivity index (χ1) is 3.81. The van der Waals surface area contributed by atoms with E-state index < -0.39 is 12.5 Å². The maximum Gasteiger partial charge on any atom is 0.121 e. The van der Waals surface area contributed by atoms with Crippen molar-refractivity contribution in [2.75, 3.05) is 6.67 Å². The number of hydrogen-bond acceptors (Lipinski definition) is 0. The number of alkyl halides is 1. The van der Waals surface area contributed by atoms with Gasteiger partial charge in [-0.05, 0) is 19.1 Å². The molecule has 0 aromatic rings. The predicted octanol–water partition coefficient (Wildman–Crippen LogP) is 2.39. The molecule has 0 radical (unpaired) electrons. The van der Waals surface area contributed by atoms with Gasteiger partial charge in [-0.15, -0.1) is 0 Å². The Kier molecular flexibility index (Phi) is 4.13. The van der Waals surface area contributed by atoms with Gasteiger partial charge in [0.1, 0.15) is 12.5 Å². The minimum Gasteiger partial charge on any atom is -0.246 e. The van der Waals surface area contributed by atoms with Crippen LogP contribution in [0.2, 0.25) is 0 Å². The molecule has 0 fully saturated rings. The number of rotatable bonds is 2. The van der Waals surface area contributed by atoms with Crippen LogP contribution in [0, 0.1) is 0 Å². The summed E-state index contributed by atoms with van der Waals surface area (Å²) in [5, 5.41) is 0. The predicted molar refractivity (Wildman–Crippen MR) is 30.0 cm³/mol. The molecule has 0 saturated carbocycles. The van der Waals surface area contributed by atoms with Crippen LogP contribution >= 0.6 is 0 Å². The van der Waals surface area contributed by atoms with E-state index in [1.165, 1.54) is 12.2 Å². The van der Waals surface area contributed by atoms with Crippen molar-refractivity contribution in [2.24, 2.45) is 0 Å². The second kappa shape index (κ2) is 4.50. The molecule has 0 nitrogen and oxygen atoms in total. The largest absolute Gasteiger partial charge is 0.246 e. The second-order valence-corrected chi connectivity index (χ2v) is 1.24. The Morgan fingerprint density at radius 3 is 2.62 bits per heavy atom. The smallest absolute Gasteiger partial charge is 0.121 e. The average molecular weight is 118 g/mol. The van der Waals surface area contributed by atoms with Crippen molar-refractivity contribution in [3.8, 4) is 0 Å². The monoisotopic (exact) mass is 118 g/mol. The average Bonchev–Trinajstić information content (AvgIpc) is 1.68. The van der Waals surface area contributed by atoms with Gasteiger partial charge in [0.15, 0.2) is 0 Å². The molecule has 2 heteroatoms. The van der Waals surface area contributed by atoms with Crippen molar-refractivity contribution in [2.45, 2.75) is 6.92 Å². The Morgan fingerprint density at radius 2 is 2.25 bits per heavy atom. The molecule has 0 aliphatic heterocycles. The van der Waals surface area contributed by atoms with E-state index in [0.29, 0.717) is 0 Å². The van der Waals surface area contributed by atoms with Gasteiger partial charge in [-0.25, -0.2) is 8.78 Å². The van der Waals surface area contributed by atoms with Gasteiger partial charge >= 0.3 is 0 Å². The van der Waals surface area contributed by atoms with E-state index in [-0.39, 0.29) is 0 Å². The Balaban J connectivity index is 3.61. The van der Waals surface area contributed by atoms with Gasteiger partial charge in [-0.3, -0.25) is 0 Å². The number of hydrogen-bond donors (Lipinski definition) is 0. The van der Waals surface area contributed by atoms with Gasteiger partial charge in [0.2, 0.25) is 0 Å². The number of halogens is 2. The van der Waals surface area contributed by atoms with E-state index in [1.54, 1.807) is 6.92 Å². The van der Waals surface area contributed by atoms with Crippen molar-refractivity contribution in [3.63, 3.8) is 0 Å². The fraction of sp³-hybridized carbons (Fsp3) is 0.333. The lowest BCUT2D eigenvalue weighted by Crippen LogP contribution is -1.66. The minimum atomic E-state index is -0.740. The molecule has 0 aliphatic carbocycles. The Bertz CT molecular complexity index is 103. The Labute approximate surface area is 47.5 Å². The molecular formula is C6H8F2. The SMILES string of the molecule is C/C=C\C(F)=C/CF. The summed E-state index contributed by atoms with van der Waals surface area (Å²) in [7, 11) is 0. The zero-order chi connectivity index (χ0) is 6.41. The van der Waals surface area contributed by atoms with Crippen LogP contribution in [0.3, 0.4) is 0 Å². The lowest BCUT2D eigenvalue weighted by atomic mass is 10.4. The normalized spacial score (nSPS) is 13.1. The van der Waals surface area contributed by atoms with Crippen LogP contribution in [-0.2, 0) is 0 Å². The molecule has 0 saturated heterocycles. The van der Waals surface area contributed by atoms with Gasteiger partial charge in [-0.2, -0.15) is 0 Å². The Morgan fingerprint density at radius 1 is 1.62 bits per heavy atom. The molecule has 0 heterocycles. The molecule has 0 aromatic heterocycles. The minimum absolute atomic E-state index is 0.519. The topological polar surface area (TPSA) is 0 Å². The lowest BCUT2D eigenvalue weighted by Gasteiger charge is -1.79. The summed E-state index contributed by atoms with van der Waals surface area (Å²) in [5.74, 6) is -0.519. The first-order valence-electron chi connectivity index (χ1n) is 2.35. The quantitative estimate of drug-likeness (QED) is 0.488. The van der Waals surface area contributed by atoms with Crippen LogP contribution in [0.4, 0.5) is 8.78 Å². The molecule has 46 valence electrons. The summed E-state index contributed by atoms with van der Waals surface area (Å²) in [4.78, 5) is 0. The fourth-order valence-electron chi connectivity index (χ4n) is 0.301. The summed E-state index contributed by atoms with van der Waals surface area (Å²) < 4.78 is 23.2. The third kappa shape index (κ3) is 3.53. The first kappa shape index (κ1) is 7.34. The van der Waals surface area contributed by atoms with E-state index in [9.17, 15) is 8.78 Å². The van der Waals surface area contributed by atoms with Crippen molar-refractivity contribution < 1.29 is 8.78 Å². The van der Waals surface area contributed by atoms with E-state index in [4.69, 9.17) is 0 Å². The number of allylic oxidation sites excluding steroid dienone is 4. The van der Waals surface area contributed by atoms with Crippen LogP contribution in [-0.4, -0.2) is 6.67 Å². The maximum atomic E-state index is 11.9. The summed E-state index contributed by atoms with van der Waals surface area (Å²) in [6, 6.07) is 0. The fourth-order valence-corrected chi connectivity index (χ4v) is 0.301. The third-order valence-corrected chi connectivity index (χ3v) is 0.598. The standard InChI is InChI=1S/C6H8F2/c1-2-3-6(8)4-5-7/h2-4H,5H2,1H3/b3-2-,6-4+. The van der Waals surface area contributed by atoms with Crippen LogP contribution < -0.4 is 0 Å². The highest BCUT2D eigenvalue weighted by Crippen LogP contribution is 1.96. The summed E-state index contributed by atoms with van der Waals surface area (Å²) >= 11 is 0. The van der Waals surface area contributed by atoms with E-state index in [2.05, 4.69) is 0 Å². The zero-order valence-corrected chi connectivity index (χ0v) is 4.70. The summed E-state index contributed by atoms with van der Waals surface area (Å²) in [6.45, 7) is 0.932. The van der Waals surface area contributed by atoms with Gasteiger partial charge < -0.3 is 0 Å². The molecule has 0 amide bonds. The molecule has 0 aliphatic rings. The van der Waals surface area contributed by atoms with Gasteiger partial charge in [0.25, 0.3) is 0 Å². The molecule has 0 bridgehead atoms.